The molecule has 0 saturated heterocycles. The Balaban J connectivity index is 2.95. The molecular formula is C13H24N2O2S2. The molecule has 0 atom stereocenters. The maximum atomic E-state index is 12.6. The van der Waals surface area contributed by atoms with E-state index in [4.69, 9.17) is 5.73 Å². The molecule has 0 saturated carbocycles. The molecule has 0 radical (unpaired) electrons. The maximum Gasteiger partial charge on any atom is 0.252 e. The van der Waals surface area contributed by atoms with Gasteiger partial charge in [0.2, 0.25) is 0 Å². The van der Waals surface area contributed by atoms with Crippen LogP contribution in [0, 0.1) is 5.92 Å². The zero-order valence-electron chi connectivity index (χ0n) is 11.9. The molecule has 1 heterocycles. The molecule has 0 aliphatic rings. The zero-order valence-corrected chi connectivity index (χ0v) is 13.6. The Morgan fingerprint density at radius 2 is 1.95 bits per heavy atom. The molecule has 2 N–H and O–H groups in total. The first-order valence-electron chi connectivity index (χ1n) is 6.77. The summed E-state index contributed by atoms with van der Waals surface area (Å²) in [4.78, 5) is 0. The molecule has 0 aliphatic heterocycles. The molecule has 6 heteroatoms. The number of sulfonamides is 1. The van der Waals surface area contributed by atoms with E-state index in [1.807, 2.05) is 12.3 Å². The normalized spacial score (nSPS) is 12.5. The Kier molecular flexibility index (Phi) is 6.46. The Labute approximate surface area is 120 Å². The lowest BCUT2D eigenvalue weighted by Crippen LogP contribution is -2.34. The highest BCUT2D eigenvalue weighted by molar-refractivity contribution is 7.91. The highest BCUT2D eigenvalue weighted by Crippen LogP contribution is 2.25. The number of hydrogen-bond acceptors (Lipinski definition) is 4. The summed E-state index contributed by atoms with van der Waals surface area (Å²) >= 11 is 1.26. The molecule has 0 fully saturated rings. The average molecular weight is 304 g/mol. The lowest BCUT2D eigenvalue weighted by molar-refractivity contribution is 0.340. The molecule has 19 heavy (non-hydrogen) atoms. The molecule has 0 unspecified atom stereocenters. The highest BCUT2D eigenvalue weighted by Gasteiger charge is 2.26. The van der Waals surface area contributed by atoms with Gasteiger partial charge in [-0.3, -0.25) is 0 Å². The van der Waals surface area contributed by atoms with E-state index in [0.29, 0.717) is 29.8 Å². The van der Waals surface area contributed by atoms with Crippen LogP contribution in [-0.2, 0) is 16.6 Å². The van der Waals surface area contributed by atoms with Gasteiger partial charge in [-0.1, -0.05) is 33.6 Å². The smallest absolute Gasteiger partial charge is 0.252 e. The third-order valence-corrected chi connectivity index (χ3v) is 6.83. The molecule has 0 bridgehead atoms. The molecule has 0 amide bonds. The third-order valence-electron chi connectivity index (χ3n) is 3.43. The van der Waals surface area contributed by atoms with Crippen molar-refractivity contribution in [2.24, 2.45) is 11.7 Å². The Morgan fingerprint density at radius 3 is 2.37 bits per heavy atom. The molecule has 0 aliphatic carbocycles. The van der Waals surface area contributed by atoms with Gasteiger partial charge in [0, 0.05) is 19.6 Å². The number of thiophene rings is 1. The number of nitrogens with zero attached hydrogens (tertiary/aromatic N) is 1. The molecule has 0 spiro atoms. The molecule has 0 aromatic carbocycles. The monoisotopic (exact) mass is 304 g/mol. The standard InChI is InChI=1S/C13H24N2O2S2/c1-4-11(5-2)9-15(6-3)19(16,17)13-7-12(8-14)10-18-13/h7,10-11H,4-6,8-9,14H2,1-3H3. The van der Waals surface area contributed by atoms with E-state index in [1.54, 1.807) is 10.4 Å². The van der Waals surface area contributed by atoms with E-state index in [-0.39, 0.29) is 0 Å². The van der Waals surface area contributed by atoms with Crippen LogP contribution < -0.4 is 5.73 Å². The molecule has 4 nitrogen and oxygen atoms in total. The van der Waals surface area contributed by atoms with Crippen molar-refractivity contribution in [3.8, 4) is 0 Å². The zero-order chi connectivity index (χ0) is 14.5. The SMILES string of the molecule is CCC(CC)CN(CC)S(=O)(=O)c1cc(CN)cs1. The van der Waals surface area contributed by atoms with Crippen molar-refractivity contribution in [3.05, 3.63) is 17.0 Å². The lowest BCUT2D eigenvalue weighted by atomic mass is 10.0. The molecule has 1 aromatic rings. The van der Waals surface area contributed by atoms with Crippen molar-refractivity contribution in [1.82, 2.24) is 4.31 Å². The fraction of sp³-hybridized carbons (Fsp3) is 0.692. The third kappa shape index (κ3) is 4.02. The summed E-state index contributed by atoms with van der Waals surface area (Å²) in [6.07, 6.45) is 2.00. The second-order valence-corrected chi connectivity index (χ2v) is 7.69. The van der Waals surface area contributed by atoms with Crippen molar-refractivity contribution in [2.45, 2.75) is 44.4 Å². The second-order valence-electron chi connectivity index (χ2n) is 4.62. The quantitative estimate of drug-likeness (QED) is 0.803. The van der Waals surface area contributed by atoms with Crippen molar-refractivity contribution < 1.29 is 8.42 Å². The van der Waals surface area contributed by atoms with Gasteiger partial charge in [-0.2, -0.15) is 4.31 Å². The van der Waals surface area contributed by atoms with Crippen LogP contribution in [0.3, 0.4) is 0 Å². The van der Waals surface area contributed by atoms with Gasteiger partial charge in [0.15, 0.2) is 0 Å². The molecular weight excluding hydrogens is 280 g/mol. The van der Waals surface area contributed by atoms with E-state index in [1.165, 1.54) is 11.3 Å². The van der Waals surface area contributed by atoms with Crippen LogP contribution in [0.1, 0.15) is 39.2 Å². The summed E-state index contributed by atoms with van der Waals surface area (Å²) in [6, 6.07) is 1.69. The van der Waals surface area contributed by atoms with E-state index in [0.717, 1.165) is 18.4 Å². The topological polar surface area (TPSA) is 63.4 Å². The summed E-state index contributed by atoms with van der Waals surface area (Å²) < 4.78 is 27.1. The van der Waals surface area contributed by atoms with Crippen molar-refractivity contribution in [3.63, 3.8) is 0 Å². The van der Waals surface area contributed by atoms with Crippen LogP contribution in [0.5, 0.6) is 0 Å². The Morgan fingerprint density at radius 1 is 1.32 bits per heavy atom. The summed E-state index contributed by atoms with van der Waals surface area (Å²) in [5, 5.41) is 1.82. The van der Waals surface area contributed by atoms with Gasteiger partial charge in [0.1, 0.15) is 4.21 Å². The minimum absolute atomic E-state index is 0.380. The highest BCUT2D eigenvalue weighted by atomic mass is 32.2. The van der Waals surface area contributed by atoms with Gasteiger partial charge < -0.3 is 5.73 Å². The van der Waals surface area contributed by atoms with Gasteiger partial charge in [-0.05, 0) is 22.9 Å². The summed E-state index contributed by atoms with van der Waals surface area (Å²) in [7, 11) is -3.36. The van der Waals surface area contributed by atoms with Gasteiger partial charge in [-0.15, -0.1) is 11.3 Å². The van der Waals surface area contributed by atoms with Crippen molar-refractivity contribution in [2.75, 3.05) is 13.1 Å². The minimum Gasteiger partial charge on any atom is -0.326 e. The molecule has 110 valence electrons. The molecule has 1 rings (SSSR count). The van der Waals surface area contributed by atoms with Gasteiger partial charge in [0.25, 0.3) is 10.0 Å². The second kappa shape index (κ2) is 7.38. The van der Waals surface area contributed by atoms with E-state index >= 15 is 0 Å². The predicted octanol–water partition coefficient (Wildman–Crippen LogP) is 2.65. The van der Waals surface area contributed by atoms with Crippen molar-refractivity contribution in [1.29, 1.82) is 0 Å². The largest absolute Gasteiger partial charge is 0.326 e. The molecule has 1 aromatic heterocycles. The van der Waals surface area contributed by atoms with Gasteiger partial charge in [0.05, 0.1) is 0 Å². The van der Waals surface area contributed by atoms with Crippen LogP contribution >= 0.6 is 11.3 Å². The first-order chi connectivity index (χ1) is 8.99. The van der Waals surface area contributed by atoms with E-state index < -0.39 is 10.0 Å². The summed E-state index contributed by atoms with van der Waals surface area (Å²) in [5.41, 5.74) is 6.41. The van der Waals surface area contributed by atoms with Crippen LogP contribution in [-0.4, -0.2) is 25.8 Å². The first-order valence-corrected chi connectivity index (χ1v) is 9.09. The Hall–Kier alpha value is -0.430. The Bertz CT molecular complexity index is 479. The fourth-order valence-corrected chi connectivity index (χ4v) is 4.85. The average Bonchev–Trinajstić information content (AvgIpc) is 2.89. The minimum atomic E-state index is -3.36. The number of rotatable bonds is 8. The number of hydrogen-bond donors (Lipinski definition) is 1. The number of nitrogens with two attached hydrogens (primary N) is 1. The maximum absolute atomic E-state index is 12.6. The lowest BCUT2D eigenvalue weighted by Gasteiger charge is -2.24. The summed E-state index contributed by atoms with van der Waals surface area (Å²) in [5.74, 6) is 0.420. The van der Waals surface area contributed by atoms with Crippen LogP contribution in [0.25, 0.3) is 0 Å². The van der Waals surface area contributed by atoms with Gasteiger partial charge in [-0.25, -0.2) is 8.42 Å². The van der Waals surface area contributed by atoms with Crippen LogP contribution in [0.15, 0.2) is 15.7 Å². The van der Waals surface area contributed by atoms with Gasteiger partial charge >= 0.3 is 0 Å². The van der Waals surface area contributed by atoms with E-state index in [9.17, 15) is 8.42 Å². The fourth-order valence-electron chi connectivity index (χ4n) is 1.95. The van der Waals surface area contributed by atoms with E-state index in [2.05, 4.69) is 13.8 Å². The predicted molar refractivity (Wildman–Crippen MR) is 80.7 cm³/mol. The summed E-state index contributed by atoms with van der Waals surface area (Å²) in [6.45, 7) is 7.58. The van der Waals surface area contributed by atoms with Crippen LogP contribution in [0.4, 0.5) is 0 Å². The van der Waals surface area contributed by atoms with Crippen LogP contribution in [0.2, 0.25) is 0 Å². The van der Waals surface area contributed by atoms with Crippen molar-refractivity contribution >= 4 is 21.4 Å². The first kappa shape index (κ1) is 16.6.